The van der Waals surface area contributed by atoms with Crippen LogP contribution >= 0.6 is 11.6 Å². The lowest BCUT2D eigenvalue weighted by atomic mass is 10.2. The number of nitrogens with one attached hydrogen (secondary N) is 3. The highest BCUT2D eigenvalue weighted by atomic mass is 35.5. The van der Waals surface area contributed by atoms with Crippen LogP contribution in [0.5, 0.6) is 0 Å². The maximum Gasteiger partial charge on any atom is 0.287 e. The van der Waals surface area contributed by atoms with Crippen LogP contribution in [0.25, 0.3) is 22.2 Å². The fourth-order valence-electron chi connectivity index (χ4n) is 3.13. The number of H-pyrrole nitrogens is 1. The number of furan rings is 1. The predicted octanol–water partition coefficient (Wildman–Crippen LogP) is 4.63. The van der Waals surface area contributed by atoms with Gasteiger partial charge in [0.25, 0.3) is 11.8 Å². The van der Waals surface area contributed by atoms with Gasteiger partial charge in [-0.25, -0.2) is 0 Å². The standard InChI is InChI=1S/C23H20ClN3O3/c24-17-7-3-6-16(13-17)20-9-10-21(30-20)23(29)26-12-4-11-25-22(28)19-14-15-5-1-2-8-18(15)27-19/h1-3,5-10,13-14,27H,4,11-12H2,(H,25,28)(H,26,29). The van der Waals surface area contributed by atoms with Crippen molar-refractivity contribution in [3.63, 3.8) is 0 Å². The molecule has 4 rings (SSSR count). The molecule has 7 heteroatoms. The van der Waals surface area contributed by atoms with Crippen LogP contribution < -0.4 is 10.6 Å². The maximum absolute atomic E-state index is 12.3. The van der Waals surface area contributed by atoms with Crippen molar-refractivity contribution >= 4 is 34.3 Å². The van der Waals surface area contributed by atoms with Crippen LogP contribution in [0.2, 0.25) is 5.02 Å². The van der Waals surface area contributed by atoms with Crippen LogP contribution in [0.15, 0.2) is 71.1 Å². The van der Waals surface area contributed by atoms with Gasteiger partial charge in [-0.05, 0) is 42.8 Å². The summed E-state index contributed by atoms with van der Waals surface area (Å²) in [4.78, 5) is 27.6. The third-order valence-electron chi connectivity index (χ3n) is 4.64. The van der Waals surface area contributed by atoms with Gasteiger partial charge in [0.05, 0.1) is 0 Å². The Hall–Kier alpha value is -3.51. The highest BCUT2D eigenvalue weighted by Gasteiger charge is 2.12. The molecule has 3 N–H and O–H groups in total. The summed E-state index contributed by atoms with van der Waals surface area (Å²) < 4.78 is 5.62. The molecular weight excluding hydrogens is 402 g/mol. The molecule has 6 nitrogen and oxygen atoms in total. The van der Waals surface area contributed by atoms with E-state index in [9.17, 15) is 9.59 Å². The number of hydrogen-bond donors (Lipinski definition) is 3. The van der Waals surface area contributed by atoms with E-state index in [2.05, 4.69) is 15.6 Å². The molecule has 0 saturated carbocycles. The molecular formula is C23H20ClN3O3. The smallest absolute Gasteiger partial charge is 0.287 e. The third kappa shape index (κ3) is 4.55. The van der Waals surface area contributed by atoms with Gasteiger partial charge in [0.15, 0.2) is 5.76 Å². The third-order valence-corrected chi connectivity index (χ3v) is 4.87. The molecule has 0 fully saturated rings. The number of fused-ring (bicyclic) bond motifs is 1. The average Bonchev–Trinajstić information content (AvgIpc) is 3.40. The molecule has 30 heavy (non-hydrogen) atoms. The average molecular weight is 422 g/mol. The Morgan fingerprint density at radius 2 is 1.70 bits per heavy atom. The first-order chi connectivity index (χ1) is 14.6. The van der Waals surface area contributed by atoms with Crippen LogP contribution in [0.3, 0.4) is 0 Å². The number of halogens is 1. The molecule has 4 aromatic rings. The predicted molar refractivity (Wildman–Crippen MR) is 117 cm³/mol. The van der Waals surface area contributed by atoms with Gasteiger partial charge < -0.3 is 20.0 Å². The van der Waals surface area contributed by atoms with E-state index in [0.29, 0.717) is 36.0 Å². The van der Waals surface area contributed by atoms with Crippen molar-refractivity contribution in [1.29, 1.82) is 0 Å². The fourth-order valence-corrected chi connectivity index (χ4v) is 3.32. The van der Waals surface area contributed by atoms with Crippen LogP contribution in [-0.2, 0) is 0 Å². The number of para-hydroxylation sites is 1. The zero-order valence-corrected chi connectivity index (χ0v) is 16.8. The first-order valence-electron chi connectivity index (χ1n) is 9.60. The SMILES string of the molecule is O=C(NCCCNC(=O)c1ccc(-c2cccc(Cl)c2)o1)c1cc2ccccc2[nH]1. The minimum Gasteiger partial charge on any atom is -0.451 e. The molecule has 2 aromatic carbocycles. The Labute approximate surface area is 178 Å². The number of hydrogen-bond acceptors (Lipinski definition) is 3. The Balaban J connectivity index is 1.23. The van der Waals surface area contributed by atoms with Gasteiger partial charge in [-0.1, -0.05) is 41.9 Å². The number of aromatic amines is 1. The number of carbonyl (C=O) groups is 2. The Morgan fingerprint density at radius 3 is 2.50 bits per heavy atom. The van der Waals surface area contributed by atoms with Crippen molar-refractivity contribution in [2.45, 2.75) is 6.42 Å². The van der Waals surface area contributed by atoms with E-state index < -0.39 is 0 Å². The van der Waals surface area contributed by atoms with Gasteiger partial charge >= 0.3 is 0 Å². The summed E-state index contributed by atoms with van der Waals surface area (Å²) in [7, 11) is 0. The highest BCUT2D eigenvalue weighted by molar-refractivity contribution is 6.30. The maximum atomic E-state index is 12.3. The van der Waals surface area contributed by atoms with Crippen molar-refractivity contribution in [3.05, 3.63) is 83.2 Å². The topological polar surface area (TPSA) is 87.1 Å². The van der Waals surface area contributed by atoms with Crippen molar-refractivity contribution in [1.82, 2.24) is 15.6 Å². The summed E-state index contributed by atoms with van der Waals surface area (Å²) in [6.45, 7) is 0.861. The molecule has 152 valence electrons. The van der Waals surface area contributed by atoms with Gasteiger partial charge in [-0.2, -0.15) is 0 Å². The molecule has 0 aliphatic rings. The lowest BCUT2D eigenvalue weighted by Crippen LogP contribution is -2.29. The number of amides is 2. The fraction of sp³-hybridized carbons (Fsp3) is 0.130. The van der Waals surface area contributed by atoms with Gasteiger partial charge in [0.1, 0.15) is 11.5 Å². The van der Waals surface area contributed by atoms with Crippen LogP contribution in [0.1, 0.15) is 27.5 Å². The van der Waals surface area contributed by atoms with E-state index in [4.69, 9.17) is 16.0 Å². The summed E-state index contributed by atoms with van der Waals surface area (Å²) in [6.07, 6.45) is 0.597. The normalized spacial score (nSPS) is 10.8. The molecule has 2 heterocycles. The number of aromatic nitrogens is 1. The zero-order chi connectivity index (χ0) is 20.9. The number of carbonyl (C=O) groups excluding carboxylic acids is 2. The van der Waals surface area contributed by atoms with Crippen LogP contribution in [0, 0.1) is 0 Å². The minimum absolute atomic E-state index is 0.172. The van der Waals surface area contributed by atoms with E-state index in [1.54, 1.807) is 24.3 Å². The first-order valence-corrected chi connectivity index (χ1v) is 9.98. The second kappa shape index (κ2) is 8.88. The second-order valence-electron chi connectivity index (χ2n) is 6.81. The van der Waals surface area contributed by atoms with E-state index in [0.717, 1.165) is 16.5 Å². The van der Waals surface area contributed by atoms with Crippen LogP contribution in [-0.4, -0.2) is 29.9 Å². The minimum atomic E-state index is -0.301. The van der Waals surface area contributed by atoms with Crippen molar-refractivity contribution in [2.75, 3.05) is 13.1 Å². The molecule has 0 saturated heterocycles. The van der Waals surface area contributed by atoms with E-state index in [1.807, 2.05) is 42.5 Å². The monoisotopic (exact) mass is 421 g/mol. The van der Waals surface area contributed by atoms with E-state index in [-0.39, 0.29) is 17.6 Å². The molecule has 0 radical (unpaired) electrons. The largest absolute Gasteiger partial charge is 0.451 e. The highest BCUT2D eigenvalue weighted by Crippen LogP contribution is 2.24. The summed E-state index contributed by atoms with van der Waals surface area (Å²) in [5.74, 6) is 0.334. The molecule has 0 atom stereocenters. The summed E-state index contributed by atoms with van der Waals surface area (Å²) in [5.41, 5.74) is 2.25. The Morgan fingerprint density at radius 1 is 0.900 bits per heavy atom. The van der Waals surface area contributed by atoms with Gasteiger partial charge in [-0.3, -0.25) is 9.59 Å². The molecule has 2 amide bonds. The number of rotatable bonds is 7. The number of benzene rings is 2. The molecule has 2 aromatic heterocycles. The molecule has 0 aliphatic carbocycles. The van der Waals surface area contributed by atoms with Gasteiger partial charge in [0.2, 0.25) is 0 Å². The van der Waals surface area contributed by atoms with Crippen LogP contribution in [0.4, 0.5) is 0 Å². The van der Waals surface area contributed by atoms with Crippen molar-refractivity contribution < 1.29 is 14.0 Å². The summed E-state index contributed by atoms with van der Waals surface area (Å²) in [5, 5.41) is 7.23. The van der Waals surface area contributed by atoms with Crippen molar-refractivity contribution in [3.8, 4) is 11.3 Å². The summed E-state index contributed by atoms with van der Waals surface area (Å²) >= 11 is 5.99. The van der Waals surface area contributed by atoms with Gasteiger partial charge in [0, 0.05) is 34.6 Å². The molecule has 0 aliphatic heterocycles. The van der Waals surface area contributed by atoms with Gasteiger partial charge in [-0.15, -0.1) is 0 Å². The molecule has 0 spiro atoms. The Kier molecular flexibility index (Phi) is 5.86. The van der Waals surface area contributed by atoms with E-state index >= 15 is 0 Å². The lowest BCUT2D eigenvalue weighted by molar-refractivity contribution is 0.0926. The molecule has 0 unspecified atom stereocenters. The van der Waals surface area contributed by atoms with Crippen molar-refractivity contribution in [2.24, 2.45) is 0 Å². The lowest BCUT2D eigenvalue weighted by Gasteiger charge is -2.05. The van der Waals surface area contributed by atoms with E-state index in [1.165, 1.54) is 0 Å². The molecule has 0 bridgehead atoms. The Bertz CT molecular complexity index is 1160. The second-order valence-corrected chi connectivity index (χ2v) is 7.25. The quantitative estimate of drug-likeness (QED) is 0.380. The first kappa shape index (κ1) is 19.8. The zero-order valence-electron chi connectivity index (χ0n) is 16.1. The summed E-state index contributed by atoms with van der Waals surface area (Å²) in [6, 6.07) is 20.1.